The molecule has 1 N–H and O–H groups in total. The Morgan fingerprint density at radius 1 is 1.38 bits per heavy atom. The van der Waals surface area contributed by atoms with Gasteiger partial charge in [-0.05, 0) is 49.4 Å². The molecule has 0 aliphatic heterocycles. The van der Waals surface area contributed by atoms with E-state index in [2.05, 4.69) is 0 Å². The van der Waals surface area contributed by atoms with Gasteiger partial charge >= 0.3 is 0 Å². The first-order valence-corrected chi connectivity index (χ1v) is 6.13. The first kappa shape index (κ1) is 13.5. The minimum Gasteiger partial charge on any atom is -0.393 e. The van der Waals surface area contributed by atoms with Gasteiger partial charge in [0.05, 0.1) is 6.10 Å². The first-order valence-electron chi connectivity index (χ1n) is 5.75. The molecule has 0 saturated carbocycles. The van der Waals surface area contributed by atoms with Gasteiger partial charge in [-0.1, -0.05) is 24.9 Å². The summed E-state index contributed by atoms with van der Waals surface area (Å²) in [5.74, 6) is -0.214. The maximum Gasteiger partial charge on any atom is 0.126 e. The Hall–Kier alpha value is -0.600. The van der Waals surface area contributed by atoms with E-state index in [0.29, 0.717) is 17.0 Å². The van der Waals surface area contributed by atoms with E-state index >= 15 is 0 Å². The highest BCUT2D eigenvalue weighted by Gasteiger charge is 2.06. The minimum absolute atomic E-state index is 0.214. The van der Waals surface area contributed by atoms with Gasteiger partial charge in [0.15, 0.2) is 0 Å². The molecule has 1 nitrogen and oxygen atoms in total. The van der Waals surface area contributed by atoms with Gasteiger partial charge in [0, 0.05) is 5.02 Å². The lowest BCUT2D eigenvalue weighted by atomic mass is 10.0. The van der Waals surface area contributed by atoms with Crippen molar-refractivity contribution < 1.29 is 9.50 Å². The van der Waals surface area contributed by atoms with Crippen LogP contribution in [-0.4, -0.2) is 11.2 Å². The molecule has 1 aromatic carbocycles. The number of benzene rings is 1. The van der Waals surface area contributed by atoms with E-state index in [9.17, 15) is 9.50 Å². The smallest absolute Gasteiger partial charge is 0.126 e. The predicted octanol–water partition coefficient (Wildman–Crippen LogP) is 3.96. The molecule has 0 spiro atoms. The molecule has 0 aliphatic carbocycles. The van der Waals surface area contributed by atoms with Crippen molar-refractivity contribution in [2.45, 2.75) is 45.1 Å². The third-order valence-corrected chi connectivity index (χ3v) is 2.85. The van der Waals surface area contributed by atoms with Gasteiger partial charge in [0.25, 0.3) is 0 Å². The molecular formula is C13H18ClFO. The zero-order valence-electron chi connectivity index (χ0n) is 9.55. The third kappa shape index (κ3) is 4.50. The topological polar surface area (TPSA) is 20.2 Å². The second-order valence-electron chi connectivity index (χ2n) is 4.07. The summed E-state index contributed by atoms with van der Waals surface area (Å²) in [6.07, 6.45) is 3.68. The van der Waals surface area contributed by atoms with E-state index in [4.69, 9.17) is 11.6 Å². The van der Waals surface area contributed by atoms with Crippen LogP contribution in [0.15, 0.2) is 18.2 Å². The fourth-order valence-corrected chi connectivity index (χ4v) is 1.94. The Labute approximate surface area is 101 Å². The summed E-state index contributed by atoms with van der Waals surface area (Å²) in [5.41, 5.74) is 0.635. The van der Waals surface area contributed by atoms with E-state index in [1.165, 1.54) is 6.07 Å². The summed E-state index contributed by atoms with van der Waals surface area (Å²) in [5, 5.41) is 10.1. The minimum atomic E-state index is -0.257. The van der Waals surface area contributed by atoms with Gasteiger partial charge in [-0.3, -0.25) is 0 Å². The molecule has 3 heteroatoms. The standard InChI is InChI=1S/C13H18ClFO/c1-2-4-12(16)6-3-5-10-9-11(14)7-8-13(10)15/h7-9,12,16H,2-6H2,1H3. The van der Waals surface area contributed by atoms with Gasteiger partial charge in [-0.2, -0.15) is 0 Å². The second kappa shape index (κ2) is 6.87. The van der Waals surface area contributed by atoms with E-state index in [0.717, 1.165) is 25.7 Å². The van der Waals surface area contributed by atoms with E-state index in [1.54, 1.807) is 12.1 Å². The van der Waals surface area contributed by atoms with Crippen molar-refractivity contribution in [3.63, 3.8) is 0 Å². The first-order chi connectivity index (χ1) is 7.63. The maximum atomic E-state index is 13.3. The molecule has 0 heterocycles. The third-order valence-electron chi connectivity index (χ3n) is 2.61. The molecule has 1 unspecified atom stereocenters. The summed E-state index contributed by atoms with van der Waals surface area (Å²) >= 11 is 5.79. The van der Waals surface area contributed by atoms with Gasteiger partial charge in [-0.15, -0.1) is 0 Å². The molecule has 0 amide bonds. The average molecular weight is 245 g/mol. The van der Waals surface area contributed by atoms with Crippen LogP contribution >= 0.6 is 11.6 Å². The van der Waals surface area contributed by atoms with Crippen LogP contribution < -0.4 is 0 Å². The van der Waals surface area contributed by atoms with Crippen LogP contribution in [-0.2, 0) is 6.42 Å². The van der Waals surface area contributed by atoms with Crippen LogP contribution in [0.1, 0.15) is 38.2 Å². The molecule has 0 radical (unpaired) electrons. The van der Waals surface area contributed by atoms with Crippen LogP contribution in [0.5, 0.6) is 0 Å². The lowest BCUT2D eigenvalue weighted by Crippen LogP contribution is -2.06. The second-order valence-corrected chi connectivity index (χ2v) is 4.51. The molecule has 1 atom stereocenters. The van der Waals surface area contributed by atoms with Crippen LogP contribution in [0.2, 0.25) is 5.02 Å². The van der Waals surface area contributed by atoms with Crippen molar-refractivity contribution in [1.29, 1.82) is 0 Å². The number of rotatable bonds is 6. The van der Waals surface area contributed by atoms with Crippen LogP contribution in [0.3, 0.4) is 0 Å². The molecular weight excluding hydrogens is 227 g/mol. The Balaban J connectivity index is 2.39. The van der Waals surface area contributed by atoms with Crippen molar-refractivity contribution in [3.8, 4) is 0 Å². The molecule has 0 fully saturated rings. The lowest BCUT2D eigenvalue weighted by molar-refractivity contribution is 0.151. The zero-order chi connectivity index (χ0) is 12.0. The summed E-state index contributed by atoms with van der Waals surface area (Å²) in [6, 6.07) is 4.59. The Morgan fingerprint density at radius 2 is 2.12 bits per heavy atom. The fraction of sp³-hybridized carbons (Fsp3) is 0.538. The molecule has 90 valence electrons. The number of halogens is 2. The summed E-state index contributed by atoms with van der Waals surface area (Å²) in [7, 11) is 0. The SMILES string of the molecule is CCCC(O)CCCc1cc(Cl)ccc1F. The monoisotopic (exact) mass is 244 g/mol. The quantitative estimate of drug-likeness (QED) is 0.803. The molecule has 0 saturated heterocycles. The van der Waals surface area contributed by atoms with Crippen molar-refractivity contribution in [1.82, 2.24) is 0 Å². The number of hydrogen-bond donors (Lipinski definition) is 1. The van der Waals surface area contributed by atoms with Crippen molar-refractivity contribution in [2.75, 3.05) is 0 Å². The highest BCUT2D eigenvalue weighted by Crippen LogP contribution is 2.17. The number of aryl methyl sites for hydroxylation is 1. The molecule has 16 heavy (non-hydrogen) atoms. The normalized spacial score (nSPS) is 12.8. The van der Waals surface area contributed by atoms with Crippen LogP contribution in [0, 0.1) is 5.82 Å². The van der Waals surface area contributed by atoms with E-state index in [-0.39, 0.29) is 11.9 Å². The Kier molecular flexibility index (Phi) is 5.78. The number of aliphatic hydroxyl groups excluding tert-OH is 1. The number of aliphatic hydroxyl groups is 1. The highest BCUT2D eigenvalue weighted by atomic mass is 35.5. The van der Waals surface area contributed by atoms with Crippen LogP contribution in [0.25, 0.3) is 0 Å². The van der Waals surface area contributed by atoms with Gasteiger partial charge in [-0.25, -0.2) is 4.39 Å². The lowest BCUT2D eigenvalue weighted by Gasteiger charge is -2.09. The average Bonchev–Trinajstić information content (AvgIpc) is 2.23. The summed E-state index contributed by atoms with van der Waals surface area (Å²) in [4.78, 5) is 0. The predicted molar refractivity (Wildman–Crippen MR) is 65.3 cm³/mol. The molecule has 1 aromatic rings. The van der Waals surface area contributed by atoms with Gasteiger partial charge in [0.1, 0.15) is 5.82 Å². The molecule has 1 rings (SSSR count). The molecule has 0 aromatic heterocycles. The number of hydrogen-bond acceptors (Lipinski definition) is 1. The van der Waals surface area contributed by atoms with E-state index in [1.807, 2.05) is 6.92 Å². The maximum absolute atomic E-state index is 13.3. The Bertz CT molecular complexity index is 328. The van der Waals surface area contributed by atoms with Gasteiger partial charge in [0.2, 0.25) is 0 Å². The summed E-state index contributed by atoms with van der Waals surface area (Å²) < 4.78 is 13.3. The van der Waals surface area contributed by atoms with Crippen molar-refractivity contribution in [3.05, 3.63) is 34.6 Å². The van der Waals surface area contributed by atoms with Crippen LogP contribution in [0.4, 0.5) is 4.39 Å². The van der Waals surface area contributed by atoms with Gasteiger partial charge < -0.3 is 5.11 Å². The van der Waals surface area contributed by atoms with Crippen molar-refractivity contribution in [2.24, 2.45) is 0 Å². The highest BCUT2D eigenvalue weighted by molar-refractivity contribution is 6.30. The van der Waals surface area contributed by atoms with Crippen molar-refractivity contribution >= 4 is 11.6 Å². The zero-order valence-corrected chi connectivity index (χ0v) is 10.3. The largest absolute Gasteiger partial charge is 0.393 e. The van der Waals surface area contributed by atoms with E-state index < -0.39 is 0 Å². The summed E-state index contributed by atoms with van der Waals surface area (Å²) in [6.45, 7) is 2.04. The fourth-order valence-electron chi connectivity index (χ4n) is 1.74. The molecule has 0 bridgehead atoms. The molecule has 0 aliphatic rings. The Morgan fingerprint density at radius 3 is 2.81 bits per heavy atom.